The lowest BCUT2D eigenvalue weighted by Gasteiger charge is -2.30. The number of unbranched alkanes of at least 4 members (excludes halogenated alkanes) is 3. The zero-order chi connectivity index (χ0) is 29.0. The Morgan fingerprint density at radius 1 is 0.868 bits per heavy atom. The molecular formula is C30H60O5Si3. The molecule has 0 unspecified atom stereocenters. The average Bonchev–Trinajstić information content (AvgIpc) is 3.05. The van der Waals surface area contributed by atoms with Gasteiger partial charge >= 0.3 is 5.97 Å². The molecule has 1 aliphatic rings. The number of allylic oxidation sites excluding steroid dienone is 2. The van der Waals surface area contributed by atoms with E-state index in [1.807, 2.05) is 0 Å². The Morgan fingerprint density at radius 2 is 1.50 bits per heavy atom. The highest BCUT2D eigenvalue weighted by molar-refractivity contribution is 6.70. The summed E-state index contributed by atoms with van der Waals surface area (Å²) in [4.78, 5) is 11.4. The van der Waals surface area contributed by atoms with Gasteiger partial charge in [0.1, 0.15) is 0 Å². The SMILES string of the molecule is CCCCC[C@@H](/C=C/[C@@H]1[C@@H](C/C=C\CCCC(=O)OC)[C@@H](O[Si](C)(C)C)C[C@@H]1O[Si](C)(C)C)O[Si](C)(C)C. The largest absolute Gasteiger partial charge is 0.469 e. The Hall–Kier alpha value is -0.519. The van der Waals surface area contributed by atoms with E-state index in [4.69, 9.17) is 18.0 Å². The predicted octanol–water partition coefficient (Wildman–Crippen LogP) is 8.71. The topological polar surface area (TPSA) is 54.0 Å². The number of hydrogen-bond donors (Lipinski definition) is 0. The third-order valence-electron chi connectivity index (χ3n) is 6.58. The Morgan fingerprint density at radius 3 is 2.05 bits per heavy atom. The molecule has 0 bridgehead atoms. The Labute approximate surface area is 238 Å². The van der Waals surface area contributed by atoms with Crippen molar-refractivity contribution in [1.29, 1.82) is 0 Å². The molecule has 0 saturated heterocycles. The minimum atomic E-state index is -1.73. The van der Waals surface area contributed by atoms with Crippen molar-refractivity contribution in [1.82, 2.24) is 0 Å². The van der Waals surface area contributed by atoms with Gasteiger partial charge in [0.15, 0.2) is 25.0 Å². The van der Waals surface area contributed by atoms with Gasteiger partial charge in [-0.25, -0.2) is 0 Å². The second-order valence-corrected chi connectivity index (χ2v) is 27.2. The highest BCUT2D eigenvalue weighted by Gasteiger charge is 2.45. The van der Waals surface area contributed by atoms with Gasteiger partial charge < -0.3 is 18.0 Å². The van der Waals surface area contributed by atoms with Crippen molar-refractivity contribution in [2.75, 3.05) is 7.11 Å². The monoisotopic (exact) mass is 584 g/mol. The van der Waals surface area contributed by atoms with Crippen molar-refractivity contribution in [2.45, 2.75) is 142 Å². The fourth-order valence-corrected chi connectivity index (χ4v) is 8.61. The van der Waals surface area contributed by atoms with Crippen LogP contribution in [0.3, 0.4) is 0 Å². The van der Waals surface area contributed by atoms with Crippen molar-refractivity contribution in [3.63, 3.8) is 0 Å². The molecule has 1 fully saturated rings. The van der Waals surface area contributed by atoms with E-state index >= 15 is 0 Å². The van der Waals surface area contributed by atoms with Gasteiger partial charge in [0.25, 0.3) is 0 Å². The van der Waals surface area contributed by atoms with Crippen molar-refractivity contribution in [3.05, 3.63) is 24.3 Å². The van der Waals surface area contributed by atoms with Crippen molar-refractivity contribution in [3.8, 4) is 0 Å². The van der Waals surface area contributed by atoms with E-state index in [2.05, 4.69) is 90.2 Å². The lowest BCUT2D eigenvalue weighted by molar-refractivity contribution is -0.140. The van der Waals surface area contributed by atoms with E-state index < -0.39 is 25.0 Å². The minimum Gasteiger partial charge on any atom is -0.469 e. The van der Waals surface area contributed by atoms with Crippen LogP contribution < -0.4 is 0 Å². The molecule has 0 aromatic heterocycles. The smallest absolute Gasteiger partial charge is 0.305 e. The van der Waals surface area contributed by atoms with Crippen LogP contribution in [0.4, 0.5) is 0 Å². The molecule has 8 heteroatoms. The second kappa shape index (κ2) is 16.7. The first-order valence-corrected chi connectivity index (χ1v) is 25.2. The number of carbonyl (C=O) groups is 1. The van der Waals surface area contributed by atoms with Crippen LogP contribution in [0.25, 0.3) is 0 Å². The number of ether oxygens (including phenoxy) is 1. The molecule has 0 aliphatic heterocycles. The van der Waals surface area contributed by atoms with Gasteiger partial charge in [0.2, 0.25) is 0 Å². The highest BCUT2D eigenvalue weighted by Crippen LogP contribution is 2.42. The molecule has 0 radical (unpaired) electrons. The van der Waals surface area contributed by atoms with Crippen LogP contribution in [-0.4, -0.2) is 56.3 Å². The van der Waals surface area contributed by atoms with Crippen LogP contribution in [0.1, 0.15) is 64.7 Å². The molecule has 0 N–H and O–H groups in total. The van der Waals surface area contributed by atoms with Crippen LogP contribution in [0, 0.1) is 11.8 Å². The lowest BCUT2D eigenvalue weighted by Crippen LogP contribution is -2.35. The van der Waals surface area contributed by atoms with Gasteiger partial charge in [0, 0.05) is 12.3 Å². The molecule has 0 aromatic rings. The summed E-state index contributed by atoms with van der Waals surface area (Å²) in [7, 11) is -3.66. The first-order valence-electron chi connectivity index (χ1n) is 15.0. The van der Waals surface area contributed by atoms with Crippen molar-refractivity contribution >= 4 is 30.9 Å². The predicted molar refractivity (Wildman–Crippen MR) is 169 cm³/mol. The molecule has 5 atom stereocenters. The van der Waals surface area contributed by atoms with Gasteiger partial charge in [-0.15, -0.1) is 0 Å². The molecule has 1 aliphatic carbocycles. The number of rotatable bonds is 18. The summed E-state index contributed by atoms with van der Waals surface area (Å²) in [5.74, 6) is 0.546. The summed E-state index contributed by atoms with van der Waals surface area (Å²) < 4.78 is 25.0. The van der Waals surface area contributed by atoms with Gasteiger partial charge in [-0.2, -0.15) is 0 Å². The molecule has 1 saturated carbocycles. The van der Waals surface area contributed by atoms with Crippen LogP contribution in [0.5, 0.6) is 0 Å². The van der Waals surface area contributed by atoms with E-state index in [0.29, 0.717) is 18.3 Å². The minimum absolute atomic E-state index is 0.136. The van der Waals surface area contributed by atoms with E-state index in [-0.39, 0.29) is 24.3 Å². The summed E-state index contributed by atoms with van der Waals surface area (Å²) in [6, 6.07) is 0. The second-order valence-electron chi connectivity index (χ2n) is 13.8. The van der Waals surface area contributed by atoms with Crippen molar-refractivity contribution in [2.24, 2.45) is 11.8 Å². The summed E-state index contributed by atoms with van der Waals surface area (Å²) in [5, 5.41) is 0. The highest BCUT2D eigenvalue weighted by atomic mass is 28.4. The van der Waals surface area contributed by atoms with Crippen LogP contribution in [-0.2, 0) is 22.8 Å². The number of esters is 1. The molecule has 0 aromatic carbocycles. The Kier molecular flexibility index (Phi) is 15.6. The average molecular weight is 585 g/mol. The van der Waals surface area contributed by atoms with E-state index in [0.717, 1.165) is 32.1 Å². The molecule has 1 rings (SSSR count). The molecule has 38 heavy (non-hydrogen) atoms. The lowest BCUT2D eigenvalue weighted by atomic mass is 9.89. The van der Waals surface area contributed by atoms with Gasteiger partial charge in [-0.3, -0.25) is 4.79 Å². The fourth-order valence-electron chi connectivity index (χ4n) is 5.16. The van der Waals surface area contributed by atoms with Gasteiger partial charge in [-0.1, -0.05) is 50.5 Å². The number of methoxy groups -OCH3 is 1. The number of carbonyl (C=O) groups excluding carboxylic acids is 1. The van der Waals surface area contributed by atoms with E-state index in [9.17, 15) is 4.79 Å². The van der Waals surface area contributed by atoms with Gasteiger partial charge in [0.05, 0.1) is 25.4 Å². The van der Waals surface area contributed by atoms with Crippen LogP contribution in [0.2, 0.25) is 58.9 Å². The third-order valence-corrected chi connectivity index (χ3v) is 9.60. The molecule has 0 heterocycles. The maximum absolute atomic E-state index is 11.4. The summed E-state index contributed by atoms with van der Waals surface area (Å²) >= 11 is 0. The van der Waals surface area contributed by atoms with E-state index in [1.54, 1.807) is 0 Å². The fraction of sp³-hybridized carbons (Fsp3) is 0.833. The maximum Gasteiger partial charge on any atom is 0.305 e. The molecule has 0 amide bonds. The van der Waals surface area contributed by atoms with E-state index in [1.165, 1.54) is 26.4 Å². The quantitative estimate of drug-likeness (QED) is 0.0698. The summed E-state index contributed by atoms with van der Waals surface area (Å²) in [5.41, 5.74) is 0. The van der Waals surface area contributed by atoms with Crippen LogP contribution in [0.15, 0.2) is 24.3 Å². The van der Waals surface area contributed by atoms with Crippen LogP contribution >= 0.6 is 0 Å². The first-order chi connectivity index (χ1) is 17.5. The standard InChI is InChI=1S/C30H60O5Si3/c1-12-13-16-19-25(33-36(3,4)5)22-23-27-26(20-17-14-15-18-21-30(31)32-2)28(34-37(6,7)8)24-29(27)35-38(9,10)11/h14,17,22-23,25-29H,12-13,15-16,18-21,24H2,1-11H3/b17-14-,23-22+/t25-,26+,27+,28-,29-/m0/s1. The zero-order valence-corrected chi connectivity index (χ0v) is 29.6. The third kappa shape index (κ3) is 15.9. The number of hydrogen-bond acceptors (Lipinski definition) is 5. The summed E-state index contributed by atoms with van der Waals surface area (Å²) in [6.45, 7) is 22.8. The van der Waals surface area contributed by atoms with Crippen molar-refractivity contribution < 1.29 is 22.8 Å². The molecule has 0 spiro atoms. The van der Waals surface area contributed by atoms with Gasteiger partial charge in [-0.05, 0) is 96.9 Å². The maximum atomic E-state index is 11.4. The first kappa shape index (κ1) is 35.5. The zero-order valence-electron chi connectivity index (χ0n) is 26.6. The Balaban J connectivity index is 3.18. The Bertz CT molecular complexity index is 734. The molecular weight excluding hydrogens is 525 g/mol. The normalized spacial score (nSPS) is 24.0. The summed E-state index contributed by atoms with van der Waals surface area (Å²) in [6.07, 6.45) is 18.7. The molecule has 222 valence electrons. The molecule has 5 nitrogen and oxygen atoms in total.